The van der Waals surface area contributed by atoms with Crippen molar-refractivity contribution < 1.29 is 0 Å². The fraction of sp³-hybridized carbons (Fsp3) is 0.338. The summed E-state index contributed by atoms with van der Waals surface area (Å²) in [6.07, 6.45) is 48.2. The Morgan fingerprint density at radius 3 is 0.916 bits per heavy atom. The van der Waals surface area contributed by atoms with Crippen LogP contribution in [0.5, 0.6) is 0 Å². The molecule has 0 unspecified atom stereocenters. The van der Waals surface area contributed by atoms with Crippen LogP contribution in [-0.2, 0) is 66.6 Å². The van der Waals surface area contributed by atoms with Crippen LogP contribution >= 0.6 is 0 Å². The molecule has 143 heavy (non-hydrogen) atoms. The summed E-state index contributed by atoms with van der Waals surface area (Å²) in [5.41, 5.74) is 53.7. The largest absolute Gasteiger partial charge is 0.309 e. The first-order valence-corrected chi connectivity index (χ1v) is 56.3. The lowest BCUT2D eigenvalue weighted by Crippen LogP contribution is -2.30. The van der Waals surface area contributed by atoms with Crippen LogP contribution in [0.1, 0.15) is 344 Å². The predicted molar refractivity (Wildman–Crippen MR) is 612 cm³/mol. The molecule has 1 heterocycles. The van der Waals surface area contributed by atoms with Crippen molar-refractivity contribution in [2.75, 3.05) is 0 Å². The molecule has 0 aliphatic heterocycles. The number of hydrogen-bond acceptors (Lipinski definition) is 0. The Hall–Kier alpha value is -12.4. The van der Waals surface area contributed by atoms with Gasteiger partial charge in [0.15, 0.2) is 0 Å². The lowest BCUT2D eigenvalue weighted by Gasteiger charge is -2.37. The Morgan fingerprint density at radius 2 is 0.552 bits per heavy atom. The van der Waals surface area contributed by atoms with Gasteiger partial charge in [0.1, 0.15) is 0 Å². The molecule has 1 nitrogen and oxygen atoms in total. The highest BCUT2D eigenvalue weighted by Gasteiger charge is 2.51. The van der Waals surface area contributed by atoms with E-state index in [9.17, 15) is 0 Å². The Balaban J connectivity index is 0.666. The van der Waals surface area contributed by atoms with Gasteiger partial charge in [-0.15, -0.1) is 13.2 Å². The van der Waals surface area contributed by atoms with E-state index in [4.69, 9.17) is 0 Å². The van der Waals surface area contributed by atoms with E-state index in [0.717, 1.165) is 83.5 Å². The quantitative estimate of drug-likeness (QED) is 0.0265. The molecule has 0 N–H and O–H groups in total. The molecule has 16 aromatic rings. The molecule has 0 radical (unpaired) electrons. The third kappa shape index (κ3) is 17.3. The van der Waals surface area contributed by atoms with Gasteiger partial charge in [0, 0.05) is 27.3 Å². The van der Waals surface area contributed by atoms with E-state index in [1.165, 1.54) is 382 Å². The van der Waals surface area contributed by atoms with Crippen LogP contribution in [0, 0.1) is 13.8 Å². The average Bonchev–Trinajstić information content (AvgIpc) is 1.53. The van der Waals surface area contributed by atoms with E-state index < -0.39 is 10.8 Å². The highest BCUT2D eigenvalue weighted by molar-refractivity contribution is 6.12. The number of fused-ring (bicyclic) bond motifs is 17. The van der Waals surface area contributed by atoms with E-state index in [2.05, 4.69) is 370 Å². The van der Waals surface area contributed by atoms with Gasteiger partial charge < -0.3 is 4.57 Å². The minimum Gasteiger partial charge on any atom is -0.309 e. The van der Waals surface area contributed by atoms with E-state index in [1.807, 2.05) is 0 Å². The first kappa shape index (κ1) is 95.4. The molecular weight excluding hydrogens is 1720 g/mol. The monoisotopic (exact) mass is 1870 g/mol. The maximum absolute atomic E-state index is 4.36. The second kappa shape index (κ2) is 41.4. The summed E-state index contributed by atoms with van der Waals surface area (Å²) in [7, 11) is 0. The fourth-order valence-corrected chi connectivity index (χ4v) is 27.5. The van der Waals surface area contributed by atoms with Crippen LogP contribution in [-0.4, -0.2) is 4.57 Å². The zero-order valence-corrected chi connectivity index (χ0v) is 86.9. The molecule has 0 atom stereocenters. The normalized spacial score (nSPS) is 14.5. The zero-order chi connectivity index (χ0) is 97.3. The minimum atomic E-state index is -0.524. The average molecular weight is 1870 g/mol. The standard InChI is InChI=1S/C142H149N/c1-10-17-24-28-30-36-81-140(82-37-31-29-25-18-11-2)130-92-109(58-72-120(130)122-74-60-111(94-132(122)140)112-61-75-125-123-69-47-97(8)83-133(123)141(135(125)95-112,114-45-38-43-100(85-114)41-32-26-19-12-3)115-46-39-44-101(86-115)42-33-27-20-13-4)107-64-78-138-128(90-107)127-89-106(63-77-137(127)143(138)118-67-49-99(50-68-118)40-23-16-7)108-57-71-119-121-73-59-110(93-131(121)139(129(119)91-108,79-34-21-14-5)80-35-22-15-6)113-62-76-126-124-70-48-98(9)84-134(124)142(136(126)96-113,116-65-55-102-51-53-104(102)87-116)117-66-56-103-52-54-105(103)88-117/h14-15,38-39,43-50,55-78,83-96H,5-6,10-13,16-37,40-42,51-54,79-82H2,1-4,7-9H3. The molecule has 6 aliphatic rings. The van der Waals surface area contributed by atoms with Crippen molar-refractivity contribution in [3.8, 4) is 94.7 Å². The summed E-state index contributed by atoms with van der Waals surface area (Å²) in [5.74, 6) is 0. The second-order valence-corrected chi connectivity index (χ2v) is 44.3. The number of aryl methyl sites for hydroxylation is 9. The Kier molecular flexibility index (Phi) is 27.6. The van der Waals surface area contributed by atoms with Crippen molar-refractivity contribution in [3.05, 3.63) is 433 Å². The summed E-state index contributed by atoms with van der Waals surface area (Å²) in [6, 6.07) is 120. The SMILES string of the molecule is C=CCCCC1(CCCC=C)c2cc(-c3ccc4c(c3)C(c3ccc5c(c3)CC5)(c3ccc5c(c3)CC5)c3cc(C)ccc3-4)ccc2-c2ccc(-c3ccc4c(c3)c3cc(-c5ccc6c(c5)C(CCCCCCCC)(CCCCCCCC)c5cc(-c7ccc8c(c7)C(c7cccc(CCCCCC)c7)(c7cccc(CCCCCC)c7)c7cc(C)ccc7-8)ccc5-6)ccc3n4-c3ccc(CCCC)cc3)cc21. The van der Waals surface area contributed by atoms with Gasteiger partial charge in [-0.05, 0) is 397 Å². The summed E-state index contributed by atoms with van der Waals surface area (Å²) in [4.78, 5) is 0. The van der Waals surface area contributed by atoms with Gasteiger partial charge in [0.25, 0.3) is 0 Å². The van der Waals surface area contributed by atoms with E-state index in [1.54, 1.807) is 5.56 Å². The lowest BCUT2D eigenvalue weighted by atomic mass is 9.65. The zero-order valence-electron chi connectivity index (χ0n) is 86.9. The molecule has 0 saturated carbocycles. The lowest BCUT2D eigenvalue weighted by molar-refractivity contribution is 0.398. The van der Waals surface area contributed by atoms with Crippen LogP contribution < -0.4 is 0 Å². The van der Waals surface area contributed by atoms with Crippen LogP contribution in [0.2, 0.25) is 0 Å². The third-order valence-electron chi connectivity index (χ3n) is 35.3. The minimum absolute atomic E-state index is 0.183. The molecule has 1 heteroatoms. The summed E-state index contributed by atoms with van der Waals surface area (Å²) in [5, 5.41) is 2.57. The van der Waals surface area contributed by atoms with Crippen molar-refractivity contribution in [1.29, 1.82) is 0 Å². The summed E-state index contributed by atoms with van der Waals surface area (Å²) in [6.45, 7) is 25.0. The number of rotatable bonds is 44. The number of allylic oxidation sites excluding steroid dienone is 2. The smallest absolute Gasteiger partial charge is 0.0714 e. The molecule has 6 aliphatic carbocycles. The highest BCUT2D eigenvalue weighted by atomic mass is 15.0. The molecule has 0 saturated heterocycles. The number of benzene rings is 15. The molecule has 722 valence electrons. The van der Waals surface area contributed by atoms with Crippen molar-refractivity contribution in [3.63, 3.8) is 0 Å². The Labute approximate surface area is 856 Å². The second-order valence-electron chi connectivity index (χ2n) is 44.3. The van der Waals surface area contributed by atoms with Crippen LogP contribution in [0.3, 0.4) is 0 Å². The fourth-order valence-electron chi connectivity index (χ4n) is 27.5. The third-order valence-corrected chi connectivity index (χ3v) is 35.3. The van der Waals surface area contributed by atoms with Crippen molar-refractivity contribution in [2.45, 2.75) is 308 Å². The summed E-state index contributed by atoms with van der Waals surface area (Å²) >= 11 is 0. The first-order valence-electron chi connectivity index (χ1n) is 56.3. The highest BCUT2D eigenvalue weighted by Crippen LogP contribution is 2.64. The van der Waals surface area contributed by atoms with Crippen molar-refractivity contribution in [1.82, 2.24) is 4.57 Å². The van der Waals surface area contributed by atoms with E-state index in [0.29, 0.717) is 0 Å². The molecule has 1 aromatic heterocycles. The van der Waals surface area contributed by atoms with Crippen LogP contribution in [0.4, 0.5) is 0 Å². The maximum atomic E-state index is 4.36. The van der Waals surface area contributed by atoms with Gasteiger partial charge in [-0.25, -0.2) is 0 Å². The number of hydrogen-bond donors (Lipinski definition) is 0. The van der Waals surface area contributed by atoms with Gasteiger partial charge in [-0.1, -0.05) is 398 Å². The van der Waals surface area contributed by atoms with Gasteiger partial charge >= 0.3 is 0 Å². The molecule has 0 spiro atoms. The van der Waals surface area contributed by atoms with Crippen molar-refractivity contribution in [2.24, 2.45) is 0 Å². The number of nitrogens with zero attached hydrogens (tertiary/aromatic N) is 1. The molecular formula is C142H149N. The molecule has 15 aromatic carbocycles. The van der Waals surface area contributed by atoms with Crippen molar-refractivity contribution >= 4 is 21.8 Å². The molecule has 0 amide bonds. The van der Waals surface area contributed by atoms with E-state index in [-0.39, 0.29) is 10.8 Å². The topological polar surface area (TPSA) is 4.93 Å². The Morgan fingerprint density at radius 1 is 0.245 bits per heavy atom. The molecule has 0 fully saturated rings. The number of aromatic nitrogens is 1. The van der Waals surface area contributed by atoms with Gasteiger partial charge in [-0.3, -0.25) is 0 Å². The van der Waals surface area contributed by atoms with E-state index >= 15 is 0 Å². The predicted octanol–water partition coefficient (Wildman–Crippen LogP) is 39.3. The maximum Gasteiger partial charge on any atom is 0.0714 e. The van der Waals surface area contributed by atoms with Gasteiger partial charge in [0.2, 0.25) is 0 Å². The van der Waals surface area contributed by atoms with Gasteiger partial charge in [-0.2, -0.15) is 0 Å². The van der Waals surface area contributed by atoms with Crippen LogP contribution in [0.25, 0.3) is 117 Å². The number of unbranched alkanes of at least 4 members (excludes halogenated alkanes) is 19. The van der Waals surface area contributed by atoms with Crippen LogP contribution in [0.15, 0.2) is 316 Å². The Bertz CT molecular complexity index is 7320. The molecule has 0 bridgehead atoms. The molecule has 22 rings (SSSR count). The van der Waals surface area contributed by atoms with Gasteiger partial charge in [0.05, 0.1) is 21.9 Å². The first-order chi connectivity index (χ1) is 70.3. The summed E-state index contributed by atoms with van der Waals surface area (Å²) < 4.78 is 2.58.